The van der Waals surface area contributed by atoms with E-state index in [-0.39, 0.29) is 0 Å². The van der Waals surface area contributed by atoms with Crippen LogP contribution >= 0.6 is 0 Å². The topological polar surface area (TPSA) is 24.1 Å². The predicted molar refractivity (Wildman–Crippen MR) is 314 cm³/mol. The molecule has 352 valence electrons. The van der Waals surface area contributed by atoms with E-state index in [2.05, 4.69) is 291 Å². The Morgan fingerprint density at radius 1 is 0.293 bits per heavy atom. The third-order valence-electron chi connectivity index (χ3n) is 16.6. The molecule has 0 fully saturated rings. The zero-order valence-corrected chi connectivity index (χ0v) is 41.5. The highest BCUT2D eigenvalue weighted by molar-refractivity contribution is 6.29. The summed E-state index contributed by atoms with van der Waals surface area (Å²) in [6, 6.07) is 101. The number of rotatable bonds is 9. The zero-order valence-electron chi connectivity index (χ0n) is 41.5. The molecule has 0 unspecified atom stereocenters. The molecule has 75 heavy (non-hydrogen) atoms. The van der Waals surface area contributed by atoms with Gasteiger partial charge in [-0.25, -0.2) is 0 Å². The Hall–Kier alpha value is -9.50. The molecule has 2 aliphatic rings. The van der Waals surface area contributed by atoms with Crippen molar-refractivity contribution in [2.24, 2.45) is 0 Å². The molecule has 0 atom stereocenters. The molecule has 13 aromatic carbocycles. The quantitative estimate of drug-likeness (QED) is 0.141. The van der Waals surface area contributed by atoms with E-state index in [0.717, 1.165) is 22.7 Å². The molecule has 0 spiro atoms. The molecule has 0 heterocycles. The van der Waals surface area contributed by atoms with Crippen LogP contribution in [0, 0.1) is 6.92 Å². The smallest absolute Gasteiger partial charge is 0.0714 e. The number of benzene rings is 13. The average Bonchev–Trinajstić information content (AvgIpc) is 3.95. The van der Waals surface area contributed by atoms with Crippen molar-refractivity contribution in [3.63, 3.8) is 0 Å². The van der Waals surface area contributed by atoms with Crippen molar-refractivity contribution in [1.29, 1.82) is 0 Å². The first kappa shape index (κ1) is 43.1. The molecular weight excluding hydrogens is 905 g/mol. The monoisotopic (exact) mass is 954 g/mol. The Bertz CT molecular complexity index is 4290. The summed E-state index contributed by atoms with van der Waals surface area (Å²) in [6.07, 6.45) is 0. The van der Waals surface area contributed by atoms with Crippen molar-refractivity contribution in [3.8, 4) is 33.4 Å². The fourth-order valence-electron chi connectivity index (χ4n) is 13.5. The standard InChI is InChI=1S/C73H50N2/c1-47-19-16-20-49(43-47)63-44-50-38-40-61-68(74-55-27-17-25-53(45-55)72(51-21-4-2-5-22-51)64-33-12-8-29-57(64)58-30-9-13-34-65(58)72)42-39-48-37-41-62(70(50)69(48)61)71(63)75-56-28-18-26-54(46-56)73(52-23-6-3-7-24-52)66-35-14-10-31-59(66)60-32-11-15-36-67(60)73/h2-46,74-75H,1H3. The van der Waals surface area contributed by atoms with Crippen LogP contribution in [0.3, 0.4) is 0 Å². The molecule has 2 nitrogen and oxygen atoms in total. The van der Waals surface area contributed by atoms with E-state index in [1.54, 1.807) is 0 Å². The third kappa shape index (κ3) is 6.33. The first-order valence-corrected chi connectivity index (χ1v) is 26.2. The highest BCUT2D eigenvalue weighted by Gasteiger charge is 2.47. The van der Waals surface area contributed by atoms with Crippen molar-refractivity contribution in [2.75, 3.05) is 10.6 Å². The molecule has 2 N–H and O–H groups in total. The van der Waals surface area contributed by atoms with Gasteiger partial charge in [-0.05, 0) is 137 Å². The first-order chi connectivity index (χ1) is 37.1. The van der Waals surface area contributed by atoms with Gasteiger partial charge < -0.3 is 10.6 Å². The predicted octanol–water partition coefficient (Wildman–Crippen LogP) is 18.8. The number of fused-ring (bicyclic) bond motifs is 6. The molecular formula is C73H50N2. The molecule has 13 aromatic rings. The number of anilines is 4. The van der Waals surface area contributed by atoms with Crippen LogP contribution in [-0.4, -0.2) is 0 Å². The summed E-state index contributed by atoms with van der Waals surface area (Å²) >= 11 is 0. The maximum absolute atomic E-state index is 4.13. The van der Waals surface area contributed by atoms with Gasteiger partial charge in [0.15, 0.2) is 0 Å². The zero-order chi connectivity index (χ0) is 49.7. The molecule has 0 aliphatic heterocycles. The van der Waals surface area contributed by atoms with Gasteiger partial charge in [-0.1, -0.05) is 242 Å². The average molecular weight is 955 g/mol. The van der Waals surface area contributed by atoms with Gasteiger partial charge in [0.25, 0.3) is 0 Å². The fraction of sp³-hybridized carbons (Fsp3) is 0.0411. The Morgan fingerprint density at radius 3 is 1.28 bits per heavy atom. The van der Waals surface area contributed by atoms with E-state index in [9.17, 15) is 0 Å². The minimum absolute atomic E-state index is 0.485. The van der Waals surface area contributed by atoms with Crippen molar-refractivity contribution in [3.05, 3.63) is 323 Å². The minimum atomic E-state index is -0.509. The summed E-state index contributed by atoms with van der Waals surface area (Å²) in [6.45, 7) is 2.18. The second-order valence-electron chi connectivity index (χ2n) is 20.5. The lowest BCUT2D eigenvalue weighted by Crippen LogP contribution is -2.28. The SMILES string of the molecule is Cc1cccc(-c2cc3ccc4c(Nc5cccc(C6(c7ccccc7)c7ccccc7-c7ccccc76)c5)ccc5ccc(c2Nc2cccc(C6(c7ccccc7)c7ccccc7-c7ccccc76)c2)c3c54)c1. The second-order valence-corrected chi connectivity index (χ2v) is 20.5. The minimum Gasteiger partial charge on any atom is -0.355 e. The van der Waals surface area contributed by atoms with Gasteiger partial charge in [0.1, 0.15) is 0 Å². The molecule has 0 aromatic heterocycles. The van der Waals surface area contributed by atoms with Crippen LogP contribution in [0.25, 0.3) is 65.7 Å². The number of nitrogens with one attached hydrogen (secondary N) is 2. The van der Waals surface area contributed by atoms with Crippen LogP contribution in [0.2, 0.25) is 0 Å². The van der Waals surface area contributed by atoms with E-state index in [1.165, 1.54) is 116 Å². The van der Waals surface area contributed by atoms with Crippen LogP contribution in [-0.2, 0) is 10.8 Å². The Labute approximate surface area is 437 Å². The number of aryl methyl sites for hydroxylation is 1. The fourth-order valence-corrected chi connectivity index (χ4v) is 13.5. The Balaban J connectivity index is 0.887. The van der Waals surface area contributed by atoms with E-state index >= 15 is 0 Å². The Morgan fingerprint density at radius 2 is 0.733 bits per heavy atom. The van der Waals surface area contributed by atoms with E-state index in [1.807, 2.05) is 0 Å². The van der Waals surface area contributed by atoms with Crippen molar-refractivity contribution >= 4 is 55.1 Å². The highest BCUT2D eigenvalue weighted by Crippen LogP contribution is 2.58. The summed E-state index contributed by atoms with van der Waals surface area (Å²) in [5, 5.41) is 15.4. The molecule has 0 saturated heterocycles. The second kappa shape index (κ2) is 16.8. The largest absolute Gasteiger partial charge is 0.355 e. The highest BCUT2D eigenvalue weighted by atomic mass is 14.9. The first-order valence-electron chi connectivity index (χ1n) is 26.2. The summed E-state index contributed by atoms with van der Waals surface area (Å²) in [5.74, 6) is 0. The number of hydrogen-bond donors (Lipinski definition) is 2. The van der Waals surface area contributed by atoms with Gasteiger partial charge >= 0.3 is 0 Å². The van der Waals surface area contributed by atoms with Crippen LogP contribution in [0.15, 0.2) is 273 Å². The van der Waals surface area contributed by atoms with Crippen LogP contribution in [0.5, 0.6) is 0 Å². The maximum Gasteiger partial charge on any atom is 0.0714 e. The van der Waals surface area contributed by atoms with E-state index in [0.29, 0.717) is 0 Å². The van der Waals surface area contributed by atoms with Crippen molar-refractivity contribution < 1.29 is 0 Å². The summed E-state index contributed by atoms with van der Waals surface area (Å²) in [7, 11) is 0. The van der Waals surface area contributed by atoms with Crippen molar-refractivity contribution in [1.82, 2.24) is 0 Å². The lowest BCUT2D eigenvalue weighted by molar-refractivity contribution is 0.769. The van der Waals surface area contributed by atoms with Gasteiger partial charge in [0.05, 0.1) is 16.5 Å². The summed E-state index contributed by atoms with van der Waals surface area (Å²) < 4.78 is 0. The van der Waals surface area contributed by atoms with Crippen LogP contribution in [0.4, 0.5) is 22.7 Å². The molecule has 15 rings (SSSR count). The van der Waals surface area contributed by atoms with Crippen molar-refractivity contribution in [2.45, 2.75) is 17.8 Å². The van der Waals surface area contributed by atoms with E-state index in [4.69, 9.17) is 0 Å². The molecule has 0 amide bonds. The third-order valence-corrected chi connectivity index (χ3v) is 16.6. The lowest BCUT2D eigenvalue weighted by Gasteiger charge is -2.34. The molecule has 0 radical (unpaired) electrons. The van der Waals surface area contributed by atoms with Gasteiger partial charge in [-0.2, -0.15) is 0 Å². The molecule has 2 aliphatic carbocycles. The van der Waals surface area contributed by atoms with Gasteiger partial charge in [0.2, 0.25) is 0 Å². The Kier molecular flexibility index (Phi) is 9.65. The summed E-state index contributed by atoms with van der Waals surface area (Å²) in [5.41, 5.74) is 22.2. The molecule has 0 bridgehead atoms. The normalized spacial score (nSPS) is 13.6. The molecule has 0 saturated carbocycles. The maximum atomic E-state index is 4.13. The van der Waals surface area contributed by atoms with Gasteiger partial charge in [-0.3, -0.25) is 0 Å². The lowest BCUT2D eigenvalue weighted by atomic mass is 9.67. The van der Waals surface area contributed by atoms with Crippen LogP contribution < -0.4 is 10.6 Å². The molecule has 2 heteroatoms. The summed E-state index contributed by atoms with van der Waals surface area (Å²) in [4.78, 5) is 0. The van der Waals surface area contributed by atoms with Gasteiger partial charge in [0, 0.05) is 33.4 Å². The number of hydrogen-bond acceptors (Lipinski definition) is 2. The van der Waals surface area contributed by atoms with Crippen LogP contribution in [0.1, 0.15) is 50.1 Å². The van der Waals surface area contributed by atoms with Gasteiger partial charge in [-0.15, -0.1) is 0 Å². The van der Waals surface area contributed by atoms with E-state index < -0.39 is 10.8 Å².